The van der Waals surface area contributed by atoms with E-state index in [2.05, 4.69) is 20.0 Å². The molecule has 6 aromatic rings. The number of aromatic nitrogens is 4. The second kappa shape index (κ2) is 21.3. The first-order chi connectivity index (χ1) is 31.0. The summed E-state index contributed by atoms with van der Waals surface area (Å²) >= 11 is 17.6. The molecule has 1 N–H and O–H groups in total. The lowest BCUT2D eigenvalue weighted by molar-refractivity contribution is -0.142. The minimum Gasteiger partial charge on any atom is -0.495 e. The maximum Gasteiger partial charge on any atom is 0.435 e. The van der Waals surface area contributed by atoms with Crippen LogP contribution < -0.4 is 19.3 Å². The molecule has 4 aromatic heterocycles. The zero-order valence-electron chi connectivity index (χ0n) is 34.6. The average molecular weight is 974 g/mol. The zero-order valence-corrected chi connectivity index (χ0v) is 36.9. The van der Waals surface area contributed by atoms with Crippen LogP contribution in [0.2, 0.25) is 10.0 Å². The van der Waals surface area contributed by atoms with Crippen LogP contribution in [0.4, 0.5) is 37.7 Å². The molecule has 2 aliphatic rings. The number of hydrogen-bond donors (Lipinski definition) is 1. The van der Waals surface area contributed by atoms with Crippen molar-refractivity contribution in [3.8, 4) is 34.4 Å². The Kier molecular flexibility index (Phi) is 15.9. The van der Waals surface area contributed by atoms with Gasteiger partial charge in [-0.1, -0.05) is 23.2 Å². The molecule has 0 saturated carbocycles. The highest BCUT2D eigenvalue weighted by Crippen LogP contribution is 2.34. The Morgan fingerprint density at radius 2 is 1.20 bits per heavy atom. The van der Waals surface area contributed by atoms with Crippen LogP contribution in [0.25, 0.3) is 22.9 Å². The van der Waals surface area contributed by atoms with Crippen molar-refractivity contribution >= 4 is 58.0 Å². The van der Waals surface area contributed by atoms with Crippen molar-refractivity contribution in [1.29, 1.82) is 0 Å². The average Bonchev–Trinajstić information content (AvgIpc) is 4.15. The molecule has 8 rings (SSSR count). The number of amides is 2. The van der Waals surface area contributed by atoms with E-state index < -0.39 is 23.7 Å². The van der Waals surface area contributed by atoms with Crippen LogP contribution in [0, 0.1) is 0 Å². The Bertz CT molecular complexity index is 2480. The number of benzene rings is 2. The molecule has 0 unspecified atom stereocenters. The van der Waals surface area contributed by atoms with Crippen LogP contribution in [0.5, 0.6) is 11.5 Å². The third-order valence-corrected chi connectivity index (χ3v) is 11.0. The number of carbonyl (C=O) groups is 2. The van der Waals surface area contributed by atoms with Gasteiger partial charge in [0, 0.05) is 75.9 Å². The van der Waals surface area contributed by atoms with Crippen molar-refractivity contribution in [2.24, 2.45) is 0 Å². The van der Waals surface area contributed by atoms with Crippen molar-refractivity contribution < 1.29 is 54.2 Å². The number of rotatable bonds is 9. The van der Waals surface area contributed by atoms with E-state index in [0.717, 1.165) is 41.3 Å². The Morgan fingerprint density at radius 1 is 0.692 bits per heavy atom. The topological polar surface area (TPSA) is 138 Å². The Morgan fingerprint density at radius 3 is 1.63 bits per heavy atom. The van der Waals surface area contributed by atoms with Gasteiger partial charge < -0.3 is 37.9 Å². The number of nitrogens with zero attached hydrogens (tertiary/aromatic N) is 7. The molecular weight excluding hydrogens is 933 g/mol. The number of nitrogens with one attached hydrogen (secondary N) is 1. The van der Waals surface area contributed by atoms with Crippen molar-refractivity contribution in [3.05, 3.63) is 107 Å². The van der Waals surface area contributed by atoms with Gasteiger partial charge in [-0.05, 0) is 60.7 Å². The highest BCUT2D eigenvalue weighted by molar-refractivity contribution is 6.32. The molecule has 65 heavy (non-hydrogen) atoms. The molecule has 0 atom stereocenters. The predicted molar refractivity (Wildman–Crippen MR) is 231 cm³/mol. The number of furan rings is 2. The minimum atomic E-state index is -4.62. The Hall–Kier alpha value is -5.99. The summed E-state index contributed by atoms with van der Waals surface area (Å²) in [6.45, 7) is 4.61. The SMILES string of the molecule is COc1cc(N2CCN(C(=O)CCl)CC2)ccc1Cl.COc1cc(N2CCN(C(=O)Cn3nc(C(F)(F)F)cc3-c3ccco3)CC2)ccc1Cl.FC(F)(F)c1cc(-c2ccco2)n[nH]1. The summed E-state index contributed by atoms with van der Waals surface area (Å²) in [6, 6.07) is 19.2. The minimum absolute atomic E-state index is 0.00463. The molecule has 6 heterocycles. The van der Waals surface area contributed by atoms with Gasteiger partial charge in [0.1, 0.15) is 41.0 Å². The lowest BCUT2D eigenvalue weighted by atomic mass is 10.2. The number of anilines is 2. The summed E-state index contributed by atoms with van der Waals surface area (Å²) in [5.41, 5.74) is 0.256. The number of hydrogen-bond acceptors (Lipinski definition) is 10. The second-order valence-corrected chi connectivity index (χ2v) is 15.3. The van der Waals surface area contributed by atoms with E-state index in [1.807, 2.05) is 35.4 Å². The van der Waals surface area contributed by atoms with Gasteiger partial charge in [0.25, 0.3) is 0 Å². The standard InChI is InChI=1S/C21H20ClF3N4O3.C13H16Cl2N2O2.C8H5F3N2O/c1-31-18-11-14(4-5-15(18)22)27-6-8-28(9-7-27)20(30)13-29-16(17-3-2-10-32-17)12-19(26-29)21(23,24)25;1-19-12-8-10(2-3-11(12)15)16-4-6-17(7-5-16)13(18)9-14;9-8(10,11)7-4-5(12-13-7)6-2-1-3-14-6/h2-5,10-12H,6-9,13H2,1H3;2-3,8H,4-7,9H2,1H3;1-4H,(H,12,13). The number of alkyl halides is 7. The molecule has 0 spiro atoms. The molecule has 0 bridgehead atoms. The van der Waals surface area contributed by atoms with Gasteiger partial charge >= 0.3 is 12.4 Å². The lowest BCUT2D eigenvalue weighted by Crippen LogP contribution is -2.49. The maximum absolute atomic E-state index is 13.2. The molecule has 2 aliphatic heterocycles. The molecule has 2 saturated heterocycles. The number of methoxy groups -OCH3 is 2. The van der Waals surface area contributed by atoms with E-state index >= 15 is 0 Å². The highest BCUT2D eigenvalue weighted by atomic mass is 35.5. The van der Waals surface area contributed by atoms with Gasteiger partial charge in [-0.2, -0.15) is 36.5 Å². The van der Waals surface area contributed by atoms with Gasteiger partial charge in [-0.25, -0.2) is 0 Å². The fraction of sp³-hybridized carbons (Fsp3) is 0.333. The van der Waals surface area contributed by atoms with Crippen molar-refractivity contribution in [1.82, 2.24) is 29.8 Å². The van der Waals surface area contributed by atoms with Crippen LogP contribution in [-0.2, 0) is 28.5 Å². The van der Waals surface area contributed by atoms with E-state index in [0.29, 0.717) is 66.6 Å². The number of aromatic amines is 1. The molecule has 2 fully saturated rings. The van der Waals surface area contributed by atoms with E-state index in [4.69, 9.17) is 53.1 Å². The summed E-state index contributed by atoms with van der Waals surface area (Å²) in [7, 11) is 3.14. The fourth-order valence-corrected chi connectivity index (χ4v) is 7.31. The normalized spacial score (nSPS) is 14.3. The van der Waals surface area contributed by atoms with Gasteiger partial charge in [-0.3, -0.25) is 19.4 Å². The number of piperazine rings is 2. The molecule has 0 radical (unpaired) electrons. The fourth-order valence-electron chi connectivity index (χ4n) is 6.75. The second-order valence-electron chi connectivity index (χ2n) is 14.2. The molecule has 2 aromatic carbocycles. The molecular formula is C42H41Cl3F6N8O6. The third-order valence-electron chi connectivity index (χ3n) is 10.2. The summed E-state index contributed by atoms with van der Waals surface area (Å²) in [6.07, 6.45) is -6.30. The van der Waals surface area contributed by atoms with Crippen LogP contribution in [0.3, 0.4) is 0 Å². The van der Waals surface area contributed by atoms with E-state index in [-0.39, 0.29) is 41.4 Å². The molecule has 348 valence electrons. The largest absolute Gasteiger partial charge is 0.495 e. The van der Waals surface area contributed by atoms with E-state index in [1.165, 1.54) is 31.8 Å². The van der Waals surface area contributed by atoms with Crippen LogP contribution in [-0.4, -0.2) is 114 Å². The van der Waals surface area contributed by atoms with Crippen molar-refractivity contribution in [2.75, 3.05) is 82.3 Å². The first kappa shape index (κ1) is 48.5. The number of halogens is 9. The van der Waals surface area contributed by atoms with E-state index in [1.54, 1.807) is 35.1 Å². The molecule has 14 nitrogen and oxygen atoms in total. The summed E-state index contributed by atoms with van der Waals surface area (Å²) in [5.74, 6) is 1.47. The van der Waals surface area contributed by atoms with Gasteiger partial charge in [-0.15, -0.1) is 11.6 Å². The van der Waals surface area contributed by atoms with Crippen molar-refractivity contribution in [2.45, 2.75) is 18.9 Å². The highest BCUT2D eigenvalue weighted by Gasteiger charge is 2.36. The lowest BCUT2D eigenvalue weighted by Gasteiger charge is -2.36. The molecule has 23 heteroatoms. The van der Waals surface area contributed by atoms with Gasteiger partial charge in [0.05, 0.1) is 36.8 Å². The molecule has 0 aliphatic carbocycles. The maximum atomic E-state index is 13.2. The van der Waals surface area contributed by atoms with Crippen LogP contribution in [0.1, 0.15) is 11.4 Å². The smallest absolute Gasteiger partial charge is 0.435 e. The monoisotopic (exact) mass is 972 g/mol. The first-order valence-corrected chi connectivity index (χ1v) is 20.9. The van der Waals surface area contributed by atoms with Gasteiger partial charge in [0.2, 0.25) is 11.8 Å². The number of H-pyrrole nitrogens is 1. The first-order valence-electron chi connectivity index (χ1n) is 19.6. The predicted octanol–water partition coefficient (Wildman–Crippen LogP) is 9.10. The number of ether oxygens (including phenoxy) is 2. The summed E-state index contributed by atoms with van der Waals surface area (Å²) < 4.78 is 97.6. The van der Waals surface area contributed by atoms with Crippen LogP contribution >= 0.6 is 34.8 Å². The quantitative estimate of drug-likeness (QED) is 0.110. The van der Waals surface area contributed by atoms with Crippen LogP contribution in [0.15, 0.2) is 94.2 Å². The third kappa shape index (κ3) is 12.4. The van der Waals surface area contributed by atoms with Crippen molar-refractivity contribution in [3.63, 3.8) is 0 Å². The zero-order chi connectivity index (χ0) is 46.9. The van der Waals surface area contributed by atoms with E-state index in [9.17, 15) is 35.9 Å². The summed E-state index contributed by atoms with van der Waals surface area (Å²) in [5, 5.41) is 10.1. The molecule has 2 amide bonds. The van der Waals surface area contributed by atoms with Gasteiger partial charge in [0.15, 0.2) is 17.2 Å². The Balaban J connectivity index is 0.000000179. The number of carbonyl (C=O) groups excluding carboxylic acids is 2. The Labute approximate surface area is 383 Å². The summed E-state index contributed by atoms with van der Waals surface area (Å²) in [4.78, 5) is 32.0.